The molecule has 2 fully saturated rings. The van der Waals surface area contributed by atoms with Crippen molar-refractivity contribution in [1.82, 2.24) is 9.80 Å². The molecule has 180 valence electrons. The number of anilines is 1. The second-order valence-electron chi connectivity index (χ2n) is 8.92. The lowest BCUT2D eigenvalue weighted by Gasteiger charge is -2.41. The first-order valence-electron chi connectivity index (χ1n) is 11.8. The molecule has 6 nitrogen and oxygen atoms in total. The van der Waals surface area contributed by atoms with Crippen LogP contribution in [0.5, 0.6) is 5.75 Å². The largest absolute Gasteiger partial charge is 0.497 e. The Labute approximate surface area is 210 Å². The molecule has 0 radical (unpaired) electrons. The lowest BCUT2D eigenvalue weighted by atomic mass is 9.96. The van der Waals surface area contributed by atoms with Crippen molar-refractivity contribution in [2.75, 3.05) is 38.2 Å². The van der Waals surface area contributed by atoms with Crippen LogP contribution in [0.25, 0.3) is 0 Å². The van der Waals surface area contributed by atoms with Gasteiger partial charge in [0.05, 0.1) is 31.3 Å². The van der Waals surface area contributed by atoms with Gasteiger partial charge < -0.3 is 4.74 Å². The molecule has 0 N–H and O–H groups in total. The number of rotatable bonds is 6. The highest BCUT2D eigenvalue weighted by molar-refractivity contribution is 6.30. The Kier molecular flexibility index (Phi) is 6.86. The Balaban J connectivity index is 1.30. The molecule has 2 aliphatic rings. The summed E-state index contributed by atoms with van der Waals surface area (Å²) >= 11 is 6.15. The van der Waals surface area contributed by atoms with Gasteiger partial charge in [0.1, 0.15) is 5.75 Å². The summed E-state index contributed by atoms with van der Waals surface area (Å²) in [7, 11) is 1.59. The number of piperazine rings is 1. The molecule has 2 atom stereocenters. The van der Waals surface area contributed by atoms with Crippen LogP contribution in [0.3, 0.4) is 0 Å². The number of nitrogens with zero attached hydrogens (tertiary/aromatic N) is 3. The number of halogens is 1. The van der Waals surface area contributed by atoms with Crippen LogP contribution >= 0.6 is 11.6 Å². The topological polar surface area (TPSA) is 53.1 Å². The van der Waals surface area contributed by atoms with Crippen molar-refractivity contribution in [3.05, 3.63) is 95.0 Å². The van der Waals surface area contributed by atoms with Gasteiger partial charge in [-0.3, -0.25) is 19.4 Å². The van der Waals surface area contributed by atoms with Crippen LogP contribution in [0.15, 0.2) is 78.9 Å². The Morgan fingerprint density at radius 1 is 0.829 bits per heavy atom. The normalized spacial score (nSPS) is 20.3. The number of methoxy groups -OCH3 is 1. The molecule has 2 aliphatic heterocycles. The van der Waals surface area contributed by atoms with E-state index in [1.54, 1.807) is 31.4 Å². The summed E-state index contributed by atoms with van der Waals surface area (Å²) in [6.07, 6.45) is 0.212. The summed E-state index contributed by atoms with van der Waals surface area (Å²) in [5.74, 6) is 0.385. The number of hydrogen-bond acceptors (Lipinski definition) is 5. The zero-order chi connectivity index (χ0) is 24.4. The number of hydrogen-bond donors (Lipinski definition) is 0. The first kappa shape index (κ1) is 23.5. The predicted octanol–water partition coefficient (Wildman–Crippen LogP) is 4.39. The number of ether oxygens (including phenoxy) is 1. The average Bonchev–Trinajstić information content (AvgIpc) is 3.20. The Hall–Kier alpha value is -3.19. The van der Waals surface area contributed by atoms with Crippen LogP contribution < -0.4 is 9.64 Å². The van der Waals surface area contributed by atoms with E-state index in [9.17, 15) is 9.59 Å². The van der Waals surface area contributed by atoms with Crippen molar-refractivity contribution in [1.29, 1.82) is 0 Å². The van der Waals surface area contributed by atoms with Crippen molar-refractivity contribution in [3.8, 4) is 5.75 Å². The summed E-state index contributed by atoms with van der Waals surface area (Å²) in [5, 5.41) is 0.719. The third kappa shape index (κ3) is 4.82. The molecular weight excluding hydrogens is 462 g/mol. The molecule has 2 amide bonds. The molecule has 3 aromatic carbocycles. The molecule has 0 bridgehead atoms. The maximum Gasteiger partial charge on any atom is 0.251 e. The van der Waals surface area contributed by atoms with Gasteiger partial charge >= 0.3 is 0 Å². The minimum Gasteiger partial charge on any atom is -0.497 e. The molecule has 7 heteroatoms. The highest BCUT2D eigenvalue weighted by Crippen LogP contribution is 2.32. The molecule has 0 aromatic heterocycles. The fourth-order valence-electron chi connectivity index (χ4n) is 5.11. The number of carbonyl (C=O) groups is 2. The molecule has 0 spiro atoms. The molecule has 0 unspecified atom stereocenters. The van der Waals surface area contributed by atoms with Gasteiger partial charge in [0.25, 0.3) is 5.91 Å². The first-order chi connectivity index (χ1) is 17.0. The molecule has 2 saturated heterocycles. The molecule has 35 heavy (non-hydrogen) atoms. The van der Waals surface area contributed by atoms with E-state index in [-0.39, 0.29) is 24.3 Å². The molecule has 0 saturated carbocycles. The zero-order valence-electron chi connectivity index (χ0n) is 19.6. The third-order valence-corrected chi connectivity index (χ3v) is 7.16. The number of benzene rings is 3. The quantitative estimate of drug-likeness (QED) is 0.481. The number of carbonyl (C=O) groups excluding carboxylic acids is 2. The first-order valence-corrected chi connectivity index (χ1v) is 12.2. The monoisotopic (exact) mass is 489 g/mol. The predicted molar refractivity (Wildman–Crippen MR) is 137 cm³/mol. The summed E-state index contributed by atoms with van der Waals surface area (Å²) in [4.78, 5) is 32.0. The van der Waals surface area contributed by atoms with Gasteiger partial charge in [-0.05, 0) is 47.5 Å². The van der Waals surface area contributed by atoms with E-state index in [1.165, 1.54) is 16.0 Å². The fourth-order valence-corrected chi connectivity index (χ4v) is 5.23. The highest BCUT2D eigenvalue weighted by Gasteiger charge is 2.43. The number of imide groups is 1. The van der Waals surface area contributed by atoms with Gasteiger partial charge in [-0.2, -0.15) is 0 Å². The SMILES string of the molecule is COc1ccc(N2C(=O)C[C@@H](N3CCN([C@H](c4ccccc4)c4ccc(Cl)cc4)CC3)C2=O)cc1. The Morgan fingerprint density at radius 2 is 1.46 bits per heavy atom. The highest BCUT2D eigenvalue weighted by atomic mass is 35.5. The van der Waals surface area contributed by atoms with Gasteiger partial charge in [0.2, 0.25) is 5.91 Å². The van der Waals surface area contributed by atoms with Gasteiger partial charge in [0, 0.05) is 31.2 Å². The van der Waals surface area contributed by atoms with Crippen molar-refractivity contribution in [2.45, 2.75) is 18.5 Å². The molecular formula is C28H28ClN3O3. The summed E-state index contributed by atoms with van der Waals surface area (Å²) in [5.41, 5.74) is 3.00. The van der Waals surface area contributed by atoms with Crippen LogP contribution in [-0.2, 0) is 9.59 Å². The summed E-state index contributed by atoms with van der Waals surface area (Å²) < 4.78 is 5.19. The second kappa shape index (κ2) is 10.2. The van der Waals surface area contributed by atoms with Crippen molar-refractivity contribution in [3.63, 3.8) is 0 Å². The zero-order valence-corrected chi connectivity index (χ0v) is 20.4. The van der Waals surface area contributed by atoms with E-state index in [2.05, 4.69) is 46.2 Å². The van der Waals surface area contributed by atoms with Crippen molar-refractivity contribution in [2.24, 2.45) is 0 Å². The Morgan fingerprint density at radius 3 is 2.09 bits per heavy atom. The van der Waals surface area contributed by atoms with E-state index < -0.39 is 6.04 Å². The third-order valence-electron chi connectivity index (χ3n) is 6.91. The van der Waals surface area contributed by atoms with Crippen molar-refractivity contribution < 1.29 is 14.3 Å². The lowest BCUT2D eigenvalue weighted by Crippen LogP contribution is -2.53. The van der Waals surface area contributed by atoms with Crippen LogP contribution in [-0.4, -0.2) is 60.9 Å². The minimum atomic E-state index is -0.419. The van der Waals surface area contributed by atoms with Crippen LogP contribution in [0.4, 0.5) is 5.69 Å². The Bertz CT molecular complexity index is 1180. The molecule has 2 heterocycles. The second-order valence-corrected chi connectivity index (χ2v) is 9.36. The van der Waals surface area contributed by atoms with Gasteiger partial charge in [0.15, 0.2) is 0 Å². The lowest BCUT2D eigenvalue weighted by molar-refractivity contribution is -0.123. The molecule has 3 aromatic rings. The fraction of sp³-hybridized carbons (Fsp3) is 0.286. The van der Waals surface area contributed by atoms with E-state index in [4.69, 9.17) is 16.3 Å². The standard InChI is InChI=1S/C28H28ClN3O3/c1-35-24-13-11-23(12-14-24)32-26(33)19-25(28(32)34)30-15-17-31(18-16-30)27(20-5-3-2-4-6-20)21-7-9-22(29)10-8-21/h2-14,25,27H,15-19H2,1H3/t25-,27-/m1/s1. The van der Waals surface area contributed by atoms with Crippen LogP contribution in [0.2, 0.25) is 5.02 Å². The molecule has 0 aliphatic carbocycles. The smallest absolute Gasteiger partial charge is 0.251 e. The van der Waals surface area contributed by atoms with E-state index in [0.29, 0.717) is 11.4 Å². The minimum absolute atomic E-state index is 0.104. The van der Waals surface area contributed by atoms with E-state index >= 15 is 0 Å². The van der Waals surface area contributed by atoms with E-state index in [1.807, 2.05) is 18.2 Å². The average molecular weight is 490 g/mol. The van der Waals surface area contributed by atoms with Crippen molar-refractivity contribution >= 4 is 29.1 Å². The van der Waals surface area contributed by atoms with Gasteiger partial charge in [-0.25, -0.2) is 4.90 Å². The van der Waals surface area contributed by atoms with Crippen LogP contribution in [0, 0.1) is 0 Å². The van der Waals surface area contributed by atoms with Crippen LogP contribution in [0.1, 0.15) is 23.6 Å². The van der Waals surface area contributed by atoms with Gasteiger partial charge in [-0.1, -0.05) is 54.1 Å². The number of amides is 2. The molecule has 5 rings (SSSR count). The van der Waals surface area contributed by atoms with Gasteiger partial charge in [-0.15, -0.1) is 0 Å². The summed E-state index contributed by atoms with van der Waals surface area (Å²) in [6, 6.07) is 25.2. The van der Waals surface area contributed by atoms with E-state index in [0.717, 1.165) is 31.2 Å². The summed E-state index contributed by atoms with van der Waals surface area (Å²) in [6.45, 7) is 3.03. The maximum atomic E-state index is 13.3. The maximum absolute atomic E-state index is 13.3.